The number of nitrogen functional groups attached to an aromatic ring is 1. The van der Waals surface area contributed by atoms with Gasteiger partial charge in [-0.2, -0.15) is 0 Å². The van der Waals surface area contributed by atoms with Gasteiger partial charge in [0.15, 0.2) is 5.82 Å². The van der Waals surface area contributed by atoms with Crippen LogP contribution in [-0.2, 0) is 0 Å². The number of primary amides is 1. The number of hydrogen-bond acceptors (Lipinski definition) is 5. The minimum Gasteiger partial charge on any atom is -0.478 e. The van der Waals surface area contributed by atoms with Gasteiger partial charge >= 0.3 is 5.97 Å². The summed E-state index contributed by atoms with van der Waals surface area (Å²) in [7, 11) is 0. The van der Waals surface area contributed by atoms with Crippen molar-refractivity contribution in [3.63, 3.8) is 0 Å². The Balaban J connectivity index is 2.28. The number of nitrogens with two attached hydrogens (primary N) is 2. The maximum atomic E-state index is 11.1. The van der Waals surface area contributed by atoms with Crippen molar-refractivity contribution in [2.24, 2.45) is 5.73 Å². The topological polar surface area (TPSA) is 131 Å². The monoisotopic (exact) mass is 272 g/mol. The quantitative estimate of drug-likeness (QED) is 0.661. The molecule has 102 valence electrons. The molecule has 0 unspecified atom stereocenters. The van der Waals surface area contributed by atoms with E-state index in [1.54, 1.807) is 24.3 Å². The minimum absolute atomic E-state index is 0.000985. The molecule has 0 bridgehead atoms. The van der Waals surface area contributed by atoms with E-state index in [1.165, 1.54) is 12.3 Å². The summed E-state index contributed by atoms with van der Waals surface area (Å²) in [5.41, 5.74) is 12.0. The van der Waals surface area contributed by atoms with Crippen molar-refractivity contribution in [3.05, 3.63) is 47.7 Å². The molecule has 1 aromatic carbocycles. The van der Waals surface area contributed by atoms with Gasteiger partial charge < -0.3 is 21.9 Å². The fraction of sp³-hybridized carbons (Fsp3) is 0. The van der Waals surface area contributed by atoms with E-state index in [2.05, 4.69) is 10.3 Å². The fourth-order valence-corrected chi connectivity index (χ4v) is 1.59. The first-order valence-corrected chi connectivity index (χ1v) is 5.63. The standard InChI is InChI=1S/C13H12N4O3/c14-10-5-8(13(19)20)6-16-12(10)17-9-3-1-2-7(4-9)11(15)18/h1-6H,14H2,(H2,15,18)(H,16,17)(H,19,20). The van der Waals surface area contributed by atoms with Crippen LogP contribution in [0, 0.1) is 0 Å². The van der Waals surface area contributed by atoms with Crippen molar-refractivity contribution in [2.45, 2.75) is 0 Å². The van der Waals surface area contributed by atoms with E-state index in [1.807, 2.05) is 0 Å². The van der Waals surface area contributed by atoms with E-state index < -0.39 is 11.9 Å². The Labute approximate surface area is 114 Å². The maximum Gasteiger partial charge on any atom is 0.337 e. The van der Waals surface area contributed by atoms with Crippen molar-refractivity contribution in [2.75, 3.05) is 11.1 Å². The number of aromatic carboxylic acids is 1. The molecule has 0 saturated heterocycles. The highest BCUT2D eigenvalue weighted by Gasteiger charge is 2.08. The lowest BCUT2D eigenvalue weighted by atomic mass is 10.2. The number of carbonyl (C=O) groups excluding carboxylic acids is 1. The van der Waals surface area contributed by atoms with E-state index in [9.17, 15) is 9.59 Å². The molecular weight excluding hydrogens is 260 g/mol. The second-order valence-electron chi connectivity index (χ2n) is 4.04. The lowest BCUT2D eigenvalue weighted by Gasteiger charge is -2.09. The molecule has 0 aliphatic carbocycles. The number of carboxylic acids is 1. The summed E-state index contributed by atoms with van der Waals surface area (Å²) in [5, 5.41) is 11.7. The molecule has 1 heterocycles. The number of amides is 1. The third-order valence-corrected chi connectivity index (χ3v) is 2.57. The van der Waals surface area contributed by atoms with Gasteiger partial charge in [-0.15, -0.1) is 0 Å². The molecule has 2 rings (SSSR count). The number of anilines is 3. The molecule has 1 amide bonds. The molecule has 0 aliphatic rings. The van der Waals surface area contributed by atoms with Crippen LogP contribution < -0.4 is 16.8 Å². The molecule has 0 spiro atoms. The molecule has 0 saturated carbocycles. The Hall–Kier alpha value is -3.09. The number of carbonyl (C=O) groups is 2. The zero-order valence-electron chi connectivity index (χ0n) is 10.3. The van der Waals surface area contributed by atoms with Gasteiger partial charge in [0.25, 0.3) is 0 Å². The van der Waals surface area contributed by atoms with Gasteiger partial charge in [-0.05, 0) is 24.3 Å². The van der Waals surface area contributed by atoms with Crippen molar-refractivity contribution in [3.8, 4) is 0 Å². The summed E-state index contributed by atoms with van der Waals surface area (Å²) in [6.07, 6.45) is 1.19. The average molecular weight is 272 g/mol. The Kier molecular flexibility index (Phi) is 3.52. The van der Waals surface area contributed by atoms with Crippen molar-refractivity contribution >= 4 is 29.1 Å². The van der Waals surface area contributed by atoms with Gasteiger partial charge in [0, 0.05) is 17.4 Å². The van der Waals surface area contributed by atoms with Gasteiger partial charge in [0.05, 0.1) is 11.3 Å². The van der Waals surface area contributed by atoms with Crippen molar-refractivity contribution in [1.29, 1.82) is 0 Å². The SMILES string of the molecule is NC(=O)c1cccc(Nc2ncc(C(=O)O)cc2N)c1. The second kappa shape index (κ2) is 5.27. The van der Waals surface area contributed by atoms with Crippen molar-refractivity contribution < 1.29 is 14.7 Å². The highest BCUT2D eigenvalue weighted by Crippen LogP contribution is 2.22. The molecule has 20 heavy (non-hydrogen) atoms. The Morgan fingerprint density at radius 1 is 1.20 bits per heavy atom. The number of hydrogen-bond donors (Lipinski definition) is 4. The average Bonchev–Trinajstić information content (AvgIpc) is 2.41. The van der Waals surface area contributed by atoms with Crippen LogP contribution >= 0.6 is 0 Å². The zero-order valence-corrected chi connectivity index (χ0v) is 10.3. The summed E-state index contributed by atoms with van der Waals surface area (Å²) in [5.74, 6) is -1.35. The second-order valence-corrected chi connectivity index (χ2v) is 4.04. The fourth-order valence-electron chi connectivity index (χ4n) is 1.59. The smallest absolute Gasteiger partial charge is 0.337 e. The van der Waals surface area contributed by atoms with Gasteiger partial charge in [-0.1, -0.05) is 6.07 Å². The highest BCUT2D eigenvalue weighted by molar-refractivity contribution is 5.94. The summed E-state index contributed by atoms with van der Waals surface area (Å²) < 4.78 is 0. The van der Waals surface area contributed by atoms with E-state index in [0.717, 1.165) is 0 Å². The normalized spacial score (nSPS) is 10.0. The summed E-state index contributed by atoms with van der Waals surface area (Å²) >= 11 is 0. The molecule has 7 nitrogen and oxygen atoms in total. The number of benzene rings is 1. The van der Waals surface area contributed by atoms with Gasteiger partial charge in [0.2, 0.25) is 5.91 Å². The molecule has 0 radical (unpaired) electrons. The van der Waals surface area contributed by atoms with Crippen LogP contribution in [0.3, 0.4) is 0 Å². The number of carboxylic acid groups (broad SMARTS) is 1. The lowest BCUT2D eigenvalue weighted by molar-refractivity contribution is 0.0696. The number of pyridine rings is 1. The number of nitrogens with zero attached hydrogens (tertiary/aromatic N) is 1. The molecule has 0 fully saturated rings. The summed E-state index contributed by atoms with van der Waals surface area (Å²) in [6.45, 7) is 0. The maximum absolute atomic E-state index is 11.1. The summed E-state index contributed by atoms with van der Waals surface area (Å²) in [6, 6.07) is 7.80. The van der Waals surface area contributed by atoms with Crippen LogP contribution in [0.1, 0.15) is 20.7 Å². The molecular formula is C13H12N4O3. The zero-order chi connectivity index (χ0) is 14.7. The van der Waals surface area contributed by atoms with Crippen LogP contribution in [-0.4, -0.2) is 22.0 Å². The minimum atomic E-state index is -1.11. The molecule has 2 aromatic rings. The van der Waals surface area contributed by atoms with Crippen LogP contribution in [0.15, 0.2) is 36.5 Å². The van der Waals surface area contributed by atoms with Gasteiger partial charge in [-0.25, -0.2) is 9.78 Å². The number of nitrogens with one attached hydrogen (secondary N) is 1. The third-order valence-electron chi connectivity index (χ3n) is 2.57. The molecule has 0 atom stereocenters. The first kappa shape index (κ1) is 13.3. The van der Waals surface area contributed by atoms with Crippen LogP contribution in [0.25, 0.3) is 0 Å². The third kappa shape index (κ3) is 2.83. The van der Waals surface area contributed by atoms with Crippen LogP contribution in [0.5, 0.6) is 0 Å². The molecule has 6 N–H and O–H groups in total. The van der Waals surface area contributed by atoms with E-state index in [-0.39, 0.29) is 11.3 Å². The Morgan fingerprint density at radius 2 is 1.95 bits per heavy atom. The van der Waals surface area contributed by atoms with Crippen molar-refractivity contribution in [1.82, 2.24) is 4.98 Å². The Bertz CT molecular complexity index is 685. The highest BCUT2D eigenvalue weighted by atomic mass is 16.4. The largest absolute Gasteiger partial charge is 0.478 e. The number of rotatable bonds is 4. The van der Waals surface area contributed by atoms with E-state index in [0.29, 0.717) is 17.1 Å². The molecule has 7 heteroatoms. The predicted molar refractivity (Wildman–Crippen MR) is 73.9 cm³/mol. The predicted octanol–water partition coefficient (Wildman–Crippen LogP) is 1.20. The van der Waals surface area contributed by atoms with Crippen LogP contribution in [0.2, 0.25) is 0 Å². The van der Waals surface area contributed by atoms with Crippen LogP contribution in [0.4, 0.5) is 17.2 Å². The summed E-state index contributed by atoms with van der Waals surface area (Å²) in [4.78, 5) is 25.8. The Morgan fingerprint density at radius 3 is 2.55 bits per heavy atom. The van der Waals surface area contributed by atoms with E-state index >= 15 is 0 Å². The lowest BCUT2D eigenvalue weighted by Crippen LogP contribution is -2.11. The van der Waals surface area contributed by atoms with E-state index in [4.69, 9.17) is 16.6 Å². The molecule has 0 aliphatic heterocycles. The number of aromatic nitrogens is 1. The first-order valence-electron chi connectivity index (χ1n) is 5.63. The van der Waals surface area contributed by atoms with Gasteiger partial charge in [-0.3, -0.25) is 4.79 Å². The first-order chi connectivity index (χ1) is 9.47. The molecule has 1 aromatic heterocycles. The van der Waals surface area contributed by atoms with Gasteiger partial charge in [0.1, 0.15) is 0 Å².